The molecule has 0 atom stereocenters. The van der Waals surface area contributed by atoms with Gasteiger partial charge in [-0.2, -0.15) is 5.10 Å². The van der Waals surface area contributed by atoms with Crippen molar-refractivity contribution in [2.45, 2.75) is 0 Å². The first-order chi connectivity index (χ1) is 7.15. The number of benzene rings is 1. The van der Waals surface area contributed by atoms with E-state index in [2.05, 4.69) is 14.9 Å². The molecule has 6 heteroatoms. The molecule has 0 aliphatic carbocycles. The Kier molecular flexibility index (Phi) is 2.54. The Morgan fingerprint density at radius 3 is 2.87 bits per heavy atom. The number of methoxy groups -OCH3 is 1. The maximum atomic E-state index is 11.3. The molecule has 0 spiro atoms. The SMILES string of the molecule is COC(=O)c1ccc2c(Cl)[nH]nc2c1Cl. The van der Waals surface area contributed by atoms with Crippen LogP contribution in [0.4, 0.5) is 0 Å². The van der Waals surface area contributed by atoms with Crippen LogP contribution in [0.1, 0.15) is 10.4 Å². The maximum absolute atomic E-state index is 11.3. The molecule has 1 N–H and O–H groups in total. The van der Waals surface area contributed by atoms with Crippen LogP contribution in [-0.2, 0) is 4.74 Å². The molecule has 0 unspecified atom stereocenters. The lowest BCUT2D eigenvalue weighted by molar-refractivity contribution is 0.0601. The number of fused-ring (bicyclic) bond motifs is 1. The molecule has 0 radical (unpaired) electrons. The molecule has 0 aliphatic heterocycles. The van der Waals surface area contributed by atoms with E-state index in [1.165, 1.54) is 7.11 Å². The van der Waals surface area contributed by atoms with Crippen molar-refractivity contribution in [1.82, 2.24) is 10.2 Å². The summed E-state index contributed by atoms with van der Waals surface area (Å²) in [5, 5.41) is 7.78. The highest BCUT2D eigenvalue weighted by molar-refractivity contribution is 6.40. The molecule has 1 aromatic heterocycles. The van der Waals surface area contributed by atoms with E-state index in [0.29, 0.717) is 16.1 Å². The molecule has 0 aliphatic rings. The van der Waals surface area contributed by atoms with Crippen molar-refractivity contribution in [2.75, 3.05) is 7.11 Å². The zero-order valence-corrected chi connectivity index (χ0v) is 9.19. The first-order valence-corrected chi connectivity index (χ1v) is 4.81. The summed E-state index contributed by atoms with van der Waals surface area (Å²) in [4.78, 5) is 11.3. The Morgan fingerprint density at radius 2 is 2.20 bits per heavy atom. The van der Waals surface area contributed by atoms with Gasteiger partial charge in [0.1, 0.15) is 10.7 Å². The molecule has 1 heterocycles. The molecular formula is C9H6Cl2N2O2. The highest BCUT2D eigenvalue weighted by Gasteiger charge is 2.16. The summed E-state index contributed by atoms with van der Waals surface area (Å²) in [5.41, 5.74) is 0.736. The van der Waals surface area contributed by atoms with Gasteiger partial charge >= 0.3 is 5.97 Å². The van der Waals surface area contributed by atoms with E-state index in [0.717, 1.165) is 0 Å². The fraction of sp³-hybridized carbons (Fsp3) is 0.111. The Bertz CT molecular complexity index is 536. The monoisotopic (exact) mass is 244 g/mol. The van der Waals surface area contributed by atoms with Crippen molar-refractivity contribution in [3.8, 4) is 0 Å². The number of H-pyrrole nitrogens is 1. The number of esters is 1. The van der Waals surface area contributed by atoms with E-state index >= 15 is 0 Å². The zero-order valence-electron chi connectivity index (χ0n) is 7.67. The number of nitrogens with one attached hydrogen (secondary N) is 1. The molecule has 0 saturated carbocycles. The van der Waals surface area contributed by atoms with Gasteiger partial charge in [0.25, 0.3) is 0 Å². The van der Waals surface area contributed by atoms with Gasteiger partial charge in [0.2, 0.25) is 0 Å². The lowest BCUT2D eigenvalue weighted by Gasteiger charge is -2.01. The highest BCUT2D eigenvalue weighted by atomic mass is 35.5. The topological polar surface area (TPSA) is 55.0 Å². The quantitative estimate of drug-likeness (QED) is 0.785. The molecule has 2 rings (SSSR count). The van der Waals surface area contributed by atoms with Gasteiger partial charge in [-0.15, -0.1) is 0 Å². The normalized spacial score (nSPS) is 10.6. The Morgan fingerprint density at radius 1 is 1.47 bits per heavy atom. The van der Waals surface area contributed by atoms with Crippen molar-refractivity contribution >= 4 is 40.1 Å². The van der Waals surface area contributed by atoms with Crippen molar-refractivity contribution in [3.63, 3.8) is 0 Å². The van der Waals surface area contributed by atoms with Crippen molar-refractivity contribution in [1.29, 1.82) is 0 Å². The van der Waals surface area contributed by atoms with Crippen LogP contribution in [0.25, 0.3) is 10.9 Å². The lowest BCUT2D eigenvalue weighted by atomic mass is 10.1. The zero-order chi connectivity index (χ0) is 11.0. The van der Waals surface area contributed by atoms with Gasteiger partial charge in [-0.3, -0.25) is 5.10 Å². The second-order valence-corrected chi connectivity index (χ2v) is 3.61. The van der Waals surface area contributed by atoms with Gasteiger partial charge < -0.3 is 4.74 Å². The van der Waals surface area contributed by atoms with E-state index in [4.69, 9.17) is 23.2 Å². The summed E-state index contributed by atoms with van der Waals surface area (Å²) in [7, 11) is 1.29. The molecule has 1 aromatic carbocycles. The van der Waals surface area contributed by atoms with E-state index in [1.54, 1.807) is 12.1 Å². The number of rotatable bonds is 1. The van der Waals surface area contributed by atoms with E-state index in [1.807, 2.05) is 0 Å². The van der Waals surface area contributed by atoms with Gasteiger partial charge in [0.05, 0.1) is 17.7 Å². The second-order valence-electron chi connectivity index (χ2n) is 2.85. The number of hydrogen-bond donors (Lipinski definition) is 1. The minimum atomic E-state index is -0.499. The van der Waals surface area contributed by atoms with Crippen molar-refractivity contribution < 1.29 is 9.53 Å². The summed E-state index contributed by atoms with van der Waals surface area (Å²) in [5.74, 6) is -0.499. The molecule has 2 aromatic rings. The third-order valence-electron chi connectivity index (χ3n) is 2.02. The minimum Gasteiger partial charge on any atom is -0.465 e. The summed E-state index contributed by atoms with van der Waals surface area (Å²) >= 11 is 11.8. The summed E-state index contributed by atoms with van der Waals surface area (Å²) in [6.07, 6.45) is 0. The largest absolute Gasteiger partial charge is 0.465 e. The average Bonchev–Trinajstić information content (AvgIpc) is 2.61. The second kappa shape index (κ2) is 3.72. The fourth-order valence-corrected chi connectivity index (χ4v) is 1.76. The summed E-state index contributed by atoms with van der Waals surface area (Å²) in [6.45, 7) is 0. The molecule has 0 saturated heterocycles. The molecule has 0 bridgehead atoms. The van der Waals surface area contributed by atoms with E-state index < -0.39 is 5.97 Å². The van der Waals surface area contributed by atoms with Gasteiger partial charge in [-0.05, 0) is 12.1 Å². The number of aromatic amines is 1. The van der Waals surface area contributed by atoms with E-state index in [9.17, 15) is 4.79 Å². The van der Waals surface area contributed by atoms with Gasteiger partial charge in [0, 0.05) is 5.39 Å². The third kappa shape index (κ3) is 1.56. The first-order valence-electron chi connectivity index (χ1n) is 4.05. The maximum Gasteiger partial charge on any atom is 0.339 e. The molecule has 78 valence electrons. The summed E-state index contributed by atoms with van der Waals surface area (Å²) < 4.78 is 4.58. The fourth-order valence-electron chi connectivity index (χ4n) is 1.28. The van der Waals surface area contributed by atoms with Crippen LogP contribution in [0, 0.1) is 0 Å². The number of halogens is 2. The minimum absolute atomic E-state index is 0.238. The highest BCUT2D eigenvalue weighted by Crippen LogP contribution is 2.29. The lowest BCUT2D eigenvalue weighted by Crippen LogP contribution is -2.01. The van der Waals surface area contributed by atoms with Crippen molar-refractivity contribution in [3.05, 3.63) is 27.9 Å². The van der Waals surface area contributed by atoms with Crippen LogP contribution in [0.5, 0.6) is 0 Å². The Balaban J connectivity index is 2.71. The first kappa shape index (κ1) is 10.3. The molecule has 0 amide bonds. The Labute approximate surface area is 95.1 Å². The van der Waals surface area contributed by atoms with Gasteiger partial charge in [-0.1, -0.05) is 23.2 Å². The smallest absolute Gasteiger partial charge is 0.339 e. The predicted molar refractivity (Wildman–Crippen MR) is 57.5 cm³/mol. The number of carbonyl (C=O) groups is 1. The number of ether oxygens (including phenoxy) is 1. The third-order valence-corrected chi connectivity index (χ3v) is 2.69. The number of carbonyl (C=O) groups excluding carboxylic acids is 1. The van der Waals surface area contributed by atoms with Gasteiger partial charge in [-0.25, -0.2) is 4.79 Å². The number of nitrogens with zero attached hydrogens (tertiary/aromatic N) is 1. The standard InChI is InChI=1S/C9H6Cl2N2O2/c1-15-9(14)4-2-3-5-7(6(4)10)12-13-8(5)11/h2-3H,1H3,(H,12,13). The van der Waals surface area contributed by atoms with Gasteiger partial charge in [0.15, 0.2) is 0 Å². The average molecular weight is 245 g/mol. The molecular weight excluding hydrogens is 239 g/mol. The summed E-state index contributed by atoms with van der Waals surface area (Å²) in [6, 6.07) is 3.22. The van der Waals surface area contributed by atoms with Crippen molar-refractivity contribution in [2.24, 2.45) is 0 Å². The predicted octanol–water partition coefficient (Wildman–Crippen LogP) is 2.66. The molecule has 15 heavy (non-hydrogen) atoms. The van der Waals surface area contributed by atoms with Crippen LogP contribution >= 0.6 is 23.2 Å². The van der Waals surface area contributed by atoms with E-state index in [-0.39, 0.29) is 10.6 Å². The van der Waals surface area contributed by atoms with Crippen LogP contribution in [0.15, 0.2) is 12.1 Å². The van der Waals surface area contributed by atoms with Crippen LogP contribution < -0.4 is 0 Å². The van der Waals surface area contributed by atoms with Crippen LogP contribution in [0.3, 0.4) is 0 Å². The van der Waals surface area contributed by atoms with Crippen LogP contribution in [0.2, 0.25) is 10.2 Å². The number of aromatic nitrogens is 2. The number of hydrogen-bond acceptors (Lipinski definition) is 3. The Hall–Kier alpha value is -1.26. The molecule has 4 nitrogen and oxygen atoms in total. The molecule has 0 fully saturated rings. The van der Waals surface area contributed by atoms with Crippen LogP contribution in [-0.4, -0.2) is 23.3 Å².